The second-order valence-corrected chi connectivity index (χ2v) is 7.36. The summed E-state index contributed by atoms with van der Waals surface area (Å²) in [6.07, 6.45) is 0.910. The SMILES string of the molecule is COc1cccc(CCNc2cc(C)nc3cc(C(C)(C)C)nn23)c1. The molecule has 0 amide bonds. The molecule has 0 aliphatic carbocycles. The van der Waals surface area contributed by atoms with Gasteiger partial charge in [0, 0.05) is 29.8 Å². The zero-order chi connectivity index (χ0) is 18.0. The van der Waals surface area contributed by atoms with Gasteiger partial charge in [-0.3, -0.25) is 0 Å². The molecule has 0 spiro atoms. The van der Waals surface area contributed by atoms with Crippen molar-refractivity contribution in [1.82, 2.24) is 14.6 Å². The third-order valence-corrected chi connectivity index (χ3v) is 4.18. The number of anilines is 1. The number of methoxy groups -OCH3 is 1. The van der Waals surface area contributed by atoms with Crippen molar-refractivity contribution in [2.45, 2.75) is 39.5 Å². The van der Waals surface area contributed by atoms with Gasteiger partial charge in [0.2, 0.25) is 0 Å². The number of ether oxygens (including phenoxy) is 1. The number of rotatable bonds is 5. The van der Waals surface area contributed by atoms with Crippen molar-refractivity contribution in [2.75, 3.05) is 19.0 Å². The van der Waals surface area contributed by atoms with Crippen molar-refractivity contribution < 1.29 is 4.74 Å². The Balaban J connectivity index is 1.79. The summed E-state index contributed by atoms with van der Waals surface area (Å²) in [4.78, 5) is 4.60. The van der Waals surface area contributed by atoms with Crippen LogP contribution in [0.25, 0.3) is 5.65 Å². The van der Waals surface area contributed by atoms with E-state index in [1.54, 1.807) is 7.11 Å². The molecule has 0 aliphatic rings. The quantitative estimate of drug-likeness (QED) is 0.764. The third kappa shape index (κ3) is 3.92. The van der Waals surface area contributed by atoms with E-state index >= 15 is 0 Å². The van der Waals surface area contributed by atoms with Crippen LogP contribution in [0.4, 0.5) is 5.82 Å². The van der Waals surface area contributed by atoms with Gasteiger partial charge >= 0.3 is 0 Å². The minimum absolute atomic E-state index is 0.000529. The summed E-state index contributed by atoms with van der Waals surface area (Å²) in [6, 6.07) is 12.3. The van der Waals surface area contributed by atoms with Crippen LogP contribution in [-0.4, -0.2) is 28.3 Å². The topological polar surface area (TPSA) is 51.5 Å². The first-order chi connectivity index (χ1) is 11.9. The van der Waals surface area contributed by atoms with Crippen LogP contribution in [-0.2, 0) is 11.8 Å². The Bertz CT molecular complexity index is 877. The van der Waals surface area contributed by atoms with Gasteiger partial charge in [-0.15, -0.1) is 0 Å². The molecule has 1 aromatic carbocycles. The molecule has 1 N–H and O–H groups in total. The maximum Gasteiger partial charge on any atom is 0.157 e. The molecule has 0 aliphatic heterocycles. The highest BCUT2D eigenvalue weighted by atomic mass is 16.5. The molecule has 0 saturated carbocycles. The Hall–Kier alpha value is -2.56. The number of fused-ring (bicyclic) bond motifs is 1. The number of aryl methyl sites for hydroxylation is 1. The van der Waals surface area contributed by atoms with Gasteiger partial charge in [0.15, 0.2) is 5.65 Å². The van der Waals surface area contributed by atoms with Gasteiger partial charge in [-0.1, -0.05) is 32.9 Å². The lowest BCUT2D eigenvalue weighted by Gasteiger charge is -2.14. The van der Waals surface area contributed by atoms with Crippen LogP contribution in [0.1, 0.15) is 37.7 Å². The molecule has 3 aromatic rings. The molecular weight excluding hydrogens is 312 g/mol. The molecule has 0 unspecified atom stereocenters. The van der Waals surface area contributed by atoms with E-state index in [4.69, 9.17) is 9.84 Å². The zero-order valence-electron chi connectivity index (χ0n) is 15.6. The highest BCUT2D eigenvalue weighted by Gasteiger charge is 2.19. The van der Waals surface area contributed by atoms with Crippen molar-refractivity contribution in [1.29, 1.82) is 0 Å². The molecule has 5 nitrogen and oxygen atoms in total. The normalized spacial score (nSPS) is 11.7. The standard InChI is InChI=1S/C20H26N4O/c1-14-11-18(21-10-9-15-7-6-8-16(12-15)25-5)24-19(22-14)13-17(23-24)20(2,3)4/h6-8,11-13,21H,9-10H2,1-5H3. The number of hydrogen-bond donors (Lipinski definition) is 1. The summed E-state index contributed by atoms with van der Waals surface area (Å²) in [5, 5.41) is 8.25. The summed E-state index contributed by atoms with van der Waals surface area (Å²) in [6.45, 7) is 9.32. The summed E-state index contributed by atoms with van der Waals surface area (Å²) in [7, 11) is 1.69. The largest absolute Gasteiger partial charge is 0.497 e. The lowest BCUT2D eigenvalue weighted by Crippen LogP contribution is -2.13. The van der Waals surface area contributed by atoms with Crippen molar-refractivity contribution >= 4 is 11.5 Å². The molecule has 3 rings (SSSR count). The van der Waals surface area contributed by atoms with Gasteiger partial charge in [-0.25, -0.2) is 4.98 Å². The highest BCUT2D eigenvalue weighted by Crippen LogP contribution is 2.23. The van der Waals surface area contributed by atoms with Crippen LogP contribution in [0.3, 0.4) is 0 Å². The fourth-order valence-corrected chi connectivity index (χ4v) is 2.76. The number of nitrogens with one attached hydrogen (secondary N) is 1. The lowest BCUT2D eigenvalue weighted by atomic mass is 9.93. The van der Waals surface area contributed by atoms with E-state index in [0.717, 1.165) is 41.6 Å². The Morgan fingerprint density at radius 2 is 1.96 bits per heavy atom. The van der Waals surface area contributed by atoms with E-state index in [1.165, 1.54) is 5.56 Å². The smallest absolute Gasteiger partial charge is 0.157 e. The molecule has 0 bridgehead atoms. The molecule has 2 heterocycles. The number of aromatic nitrogens is 3. The first kappa shape index (κ1) is 17.3. The maximum atomic E-state index is 5.28. The van der Waals surface area contributed by atoms with Crippen molar-refractivity contribution in [3.05, 3.63) is 53.3 Å². The van der Waals surface area contributed by atoms with Crippen LogP contribution in [0.15, 0.2) is 36.4 Å². The monoisotopic (exact) mass is 338 g/mol. The fraction of sp³-hybridized carbons (Fsp3) is 0.400. The van der Waals surface area contributed by atoms with Crippen molar-refractivity contribution in [3.63, 3.8) is 0 Å². The van der Waals surface area contributed by atoms with E-state index in [9.17, 15) is 0 Å². The van der Waals surface area contributed by atoms with Crippen LogP contribution in [0.2, 0.25) is 0 Å². The Labute approximate surface area is 149 Å². The predicted molar refractivity (Wildman–Crippen MR) is 102 cm³/mol. The van der Waals surface area contributed by atoms with Crippen LogP contribution < -0.4 is 10.1 Å². The molecule has 0 atom stereocenters. The van der Waals surface area contributed by atoms with E-state index in [2.05, 4.69) is 49.3 Å². The Morgan fingerprint density at radius 1 is 1.16 bits per heavy atom. The second-order valence-electron chi connectivity index (χ2n) is 7.36. The van der Waals surface area contributed by atoms with E-state index in [1.807, 2.05) is 29.6 Å². The third-order valence-electron chi connectivity index (χ3n) is 4.18. The maximum absolute atomic E-state index is 5.28. The van der Waals surface area contributed by atoms with Gasteiger partial charge in [0.05, 0.1) is 12.8 Å². The number of benzene rings is 1. The average Bonchev–Trinajstić information content (AvgIpc) is 2.99. The molecule has 0 fully saturated rings. The van der Waals surface area contributed by atoms with E-state index < -0.39 is 0 Å². The molecule has 25 heavy (non-hydrogen) atoms. The summed E-state index contributed by atoms with van der Waals surface area (Å²) in [5.74, 6) is 1.86. The average molecular weight is 338 g/mol. The van der Waals surface area contributed by atoms with Gasteiger partial charge < -0.3 is 10.1 Å². The molecule has 0 radical (unpaired) electrons. The summed E-state index contributed by atoms with van der Waals surface area (Å²) < 4.78 is 7.19. The van der Waals surface area contributed by atoms with E-state index in [0.29, 0.717) is 0 Å². The van der Waals surface area contributed by atoms with Crippen molar-refractivity contribution in [3.8, 4) is 5.75 Å². The van der Waals surface area contributed by atoms with E-state index in [-0.39, 0.29) is 5.41 Å². The van der Waals surface area contributed by atoms with Gasteiger partial charge in [-0.2, -0.15) is 9.61 Å². The van der Waals surface area contributed by atoms with Crippen LogP contribution >= 0.6 is 0 Å². The zero-order valence-corrected chi connectivity index (χ0v) is 15.6. The van der Waals surface area contributed by atoms with Gasteiger partial charge in [0.25, 0.3) is 0 Å². The second kappa shape index (κ2) is 6.75. The fourth-order valence-electron chi connectivity index (χ4n) is 2.76. The summed E-state index contributed by atoms with van der Waals surface area (Å²) in [5.41, 5.74) is 4.15. The van der Waals surface area contributed by atoms with Gasteiger partial charge in [0.1, 0.15) is 11.6 Å². The van der Waals surface area contributed by atoms with Crippen LogP contribution in [0, 0.1) is 6.92 Å². The highest BCUT2D eigenvalue weighted by molar-refractivity contribution is 5.51. The number of hydrogen-bond acceptors (Lipinski definition) is 4. The van der Waals surface area contributed by atoms with Crippen molar-refractivity contribution in [2.24, 2.45) is 0 Å². The molecule has 132 valence electrons. The molecule has 0 saturated heterocycles. The Morgan fingerprint density at radius 3 is 2.68 bits per heavy atom. The minimum Gasteiger partial charge on any atom is -0.497 e. The molecule has 5 heteroatoms. The van der Waals surface area contributed by atoms with Gasteiger partial charge in [-0.05, 0) is 31.0 Å². The first-order valence-corrected chi connectivity index (χ1v) is 8.61. The number of nitrogens with zero attached hydrogens (tertiary/aromatic N) is 3. The Kier molecular flexibility index (Phi) is 4.66. The van der Waals surface area contributed by atoms with Crippen LogP contribution in [0.5, 0.6) is 5.75 Å². The first-order valence-electron chi connectivity index (χ1n) is 8.61. The summed E-state index contributed by atoms with van der Waals surface area (Å²) >= 11 is 0. The molecule has 2 aromatic heterocycles. The minimum atomic E-state index is -0.000529. The lowest BCUT2D eigenvalue weighted by molar-refractivity contribution is 0.414. The predicted octanol–water partition coefficient (Wildman–Crippen LogP) is 4.00. The molecular formula is C20H26N4O.